The highest BCUT2D eigenvalue weighted by Crippen LogP contribution is 2.24. The average Bonchev–Trinajstić information content (AvgIpc) is 2.73. The second-order valence-electron chi connectivity index (χ2n) is 7.32. The number of carbonyl (C=O) groups is 2. The molecule has 3 aromatic carbocycles. The Morgan fingerprint density at radius 1 is 0.867 bits per heavy atom. The number of aryl methyl sites for hydroxylation is 3. The van der Waals surface area contributed by atoms with Crippen molar-refractivity contribution in [3.63, 3.8) is 0 Å². The number of anilines is 1. The monoisotopic (exact) mass is 418 g/mol. The fourth-order valence-corrected chi connectivity index (χ4v) is 3.87. The first-order chi connectivity index (χ1) is 14.4. The quantitative estimate of drug-likeness (QED) is 0.514. The number of hydrogen-bond donors (Lipinski definition) is 2. The van der Waals surface area contributed by atoms with E-state index in [1.165, 1.54) is 22.9 Å². The Labute approximate surface area is 182 Å². The van der Waals surface area contributed by atoms with Crippen molar-refractivity contribution in [3.05, 3.63) is 94.5 Å². The van der Waals surface area contributed by atoms with E-state index >= 15 is 0 Å². The molecule has 0 spiro atoms. The third-order valence-corrected chi connectivity index (χ3v) is 5.88. The lowest BCUT2D eigenvalue weighted by Gasteiger charge is -2.12. The summed E-state index contributed by atoms with van der Waals surface area (Å²) in [7, 11) is 0. The van der Waals surface area contributed by atoms with E-state index in [2.05, 4.69) is 23.6 Å². The number of hydrogen-bond acceptors (Lipinski definition) is 3. The van der Waals surface area contributed by atoms with Crippen LogP contribution in [0.2, 0.25) is 0 Å². The molecule has 0 aliphatic carbocycles. The van der Waals surface area contributed by atoms with E-state index in [0.717, 1.165) is 16.0 Å². The number of para-hydroxylation sites is 1. The summed E-state index contributed by atoms with van der Waals surface area (Å²) in [6.07, 6.45) is 0. The zero-order valence-electron chi connectivity index (χ0n) is 17.5. The first-order valence-corrected chi connectivity index (χ1v) is 10.8. The highest BCUT2D eigenvalue weighted by Gasteiger charge is 2.13. The maximum absolute atomic E-state index is 12.7. The summed E-state index contributed by atoms with van der Waals surface area (Å²) in [6.45, 7) is 6.56. The Bertz CT molecular complexity index is 1050. The van der Waals surface area contributed by atoms with Crippen molar-refractivity contribution in [3.8, 4) is 0 Å². The molecule has 0 aliphatic rings. The van der Waals surface area contributed by atoms with Crippen molar-refractivity contribution < 1.29 is 9.59 Å². The summed E-state index contributed by atoms with van der Waals surface area (Å²) >= 11 is 1.49. The summed E-state index contributed by atoms with van der Waals surface area (Å²) < 4.78 is 0. The van der Waals surface area contributed by atoms with Gasteiger partial charge in [0.05, 0.1) is 17.0 Å². The van der Waals surface area contributed by atoms with Crippen molar-refractivity contribution in [2.75, 3.05) is 11.1 Å². The zero-order valence-corrected chi connectivity index (χ0v) is 18.3. The minimum absolute atomic E-state index is 0.140. The molecule has 30 heavy (non-hydrogen) atoms. The molecular formula is C25H26N2O2S. The van der Waals surface area contributed by atoms with Crippen molar-refractivity contribution in [2.45, 2.75) is 32.2 Å². The predicted octanol–water partition coefficient (Wildman–Crippen LogP) is 5.27. The molecule has 0 saturated carbocycles. The molecule has 0 bridgehead atoms. The van der Waals surface area contributed by atoms with Gasteiger partial charge in [0.2, 0.25) is 5.91 Å². The van der Waals surface area contributed by atoms with Crippen LogP contribution in [0, 0.1) is 20.8 Å². The zero-order chi connectivity index (χ0) is 21.5. The molecule has 0 unspecified atom stereocenters. The summed E-state index contributed by atoms with van der Waals surface area (Å²) in [5.74, 6) is -0.0734. The van der Waals surface area contributed by atoms with Gasteiger partial charge in [-0.05, 0) is 50.1 Å². The maximum Gasteiger partial charge on any atom is 0.253 e. The molecule has 0 atom stereocenters. The van der Waals surface area contributed by atoms with Gasteiger partial charge in [0.25, 0.3) is 5.91 Å². The molecule has 154 valence electrons. The molecule has 4 nitrogen and oxygen atoms in total. The summed E-state index contributed by atoms with van der Waals surface area (Å²) in [4.78, 5) is 26.2. The van der Waals surface area contributed by atoms with E-state index in [1.807, 2.05) is 56.3 Å². The van der Waals surface area contributed by atoms with E-state index in [0.29, 0.717) is 17.8 Å². The lowest BCUT2D eigenvalue weighted by Crippen LogP contribution is -2.25. The number of amides is 2. The fraction of sp³-hybridized carbons (Fsp3) is 0.200. The van der Waals surface area contributed by atoms with Gasteiger partial charge in [-0.3, -0.25) is 9.59 Å². The van der Waals surface area contributed by atoms with Crippen LogP contribution in [0.15, 0.2) is 71.6 Å². The highest BCUT2D eigenvalue weighted by atomic mass is 32.2. The van der Waals surface area contributed by atoms with Crippen LogP contribution in [0.4, 0.5) is 5.69 Å². The second kappa shape index (κ2) is 10.1. The van der Waals surface area contributed by atoms with Crippen molar-refractivity contribution >= 4 is 29.3 Å². The predicted molar refractivity (Wildman–Crippen MR) is 124 cm³/mol. The molecule has 3 rings (SSSR count). The topological polar surface area (TPSA) is 58.2 Å². The number of nitrogens with one attached hydrogen (secondary N) is 2. The van der Waals surface area contributed by atoms with Crippen LogP contribution in [0.5, 0.6) is 0 Å². The molecule has 3 aromatic rings. The van der Waals surface area contributed by atoms with Gasteiger partial charge in [0, 0.05) is 11.4 Å². The Balaban J connectivity index is 1.60. The Morgan fingerprint density at radius 2 is 1.57 bits per heavy atom. The van der Waals surface area contributed by atoms with Crippen molar-refractivity contribution in [2.24, 2.45) is 0 Å². The highest BCUT2D eigenvalue weighted by molar-refractivity contribution is 8.00. The van der Waals surface area contributed by atoms with Crippen molar-refractivity contribution in [1.29, 1.82) is 0 Å². The lowest BCUT2D eigenvalue weighted by atomic mass is 10.1. The second-order valence-corrected chi connectivity index (χ2v) is 8.34. The molecule has 0 aliphatic heterocycles. The van der Waals surface area contributed by atoms with Crippen LogP contribution < -0.4 is 10.6 Å². The van der Waals surface area contributed by atoms with Gasteiger partial charge in [-0.2, -0.15) is 0 Å². The molecule has 2 N–H and O–H groups in total. The van der Waals surface area contributed by atoms with Crippen LogP contribution in [0.1, 0.15) is 32.6 Å². The third kappa shape index (κ3) is 5.97. The minimum atomic E-state index is -0.214. The Hall–Kier alpha value is -3.05. The Morgan fingerprint density at radius 3 is 2.30 bits per heavy atom. The van der Waals surface area contributed by atoms with E-state index in [4.69, 9.17) is 0 Å². The SMILES string of the molecule is Cc1ccc(CNC(=O)c2ccccc2NC(=O)CSc2ccc(C)cc2C)cc1. The van der Waals surface area contributed by atoms with Gasteiger partial charge in [-0.15, -0.1) is 11.8 Å². The third-order valence-electron chi connectivity index (χ3n) is 4.71. The van der Waals surface area contributed by atoms with E-state index in [1.54, 1.807) is 18.2 Å². The van der Waals surface area contributed by atoms with Gasteiger partial charge < -0.3 is 10.6 Å². The number of carbonyl (C=O) groups excluding carboxylic acids is 2. The average molecular weight is 419 g/mol. The molecular weight excluding hydrogens is 392 g/mol. The molecule has 0 aromatic heterocycles. The van der Waals surface area contributed by atoms with E-state index in [9.17, 15) is 9.59 Å². The standard InChI is InChI=1S/C25H26N2O2S/c1-17-8-11-20(12-9-17)15-26-25(29)21-6-4-5-7-22(21)27-24(28)16-30-23-13-10-18(2)14-19(23)3/h4-14H,15-16H2,1-3H3,(H,26,29)(H,27,28). The molecule has 5 heteroatoms. The lowest BCUT2D eigenvalue weighted by molar-refractivity contribution is -0.113. The van der Waals surface area contributed by atoms with Crippen LogP contribution in [-0.2, 0) is 11.3 Å². The molecule has 0 saturated heterocycles. The first kappa shape index (κ1) is 21.7. The molecule has 0 heterocycles. The van der Waals surface area contributed by atoms with Gasteiger partial charge >= 0.3 is 0 Å². The van der Waals surface area contributed by atoms with Crippen molar-refractivity contribution in [1.82, 2.24) is 5.32 Å². The first-order valence-electron chi connectivity index (χ1n) is 9.85. The van der Waals surface area contributed by atoms with Gasteiger partial charge in [0.1, 0.15) is 0 Å². The largest absolute Gasteiger partial charge is 0.348 e. The van der Waals surface area contributed by atoms with Crippen LogP contribution in [-0.4, -0.2) is 17.6 Å². The summed E-state index contributed by atoms with van der Waals surface area (Å²) in [6, 6.07) is 21.3. The van der Waals surface area contributed by atoms with E-state index in [-0.39, 0.29) is 17.6 Å². The number of benzene rings is 3. The molecule has 0 fully saturated rings. The van der Waals surface area contributed by atoms with Gasteiger partial charge in [-0.25, -0.2) is 0 Å². The van der Waals surface area contributed by atoms with Gasteiger partial charge in [0.15, 0.2) is 0 Å². The molecule has 2 amide bonds. The fourth-order valence-electron chi connectivity index (χ4n) is 3.06. The van der Waals surface area contributed by atoms with Gasteiger partial charge in [-0.1, -0.05) is 59.7 Å². The normalized spacial score (nSPS) is 10.5. The minimum Gasteiger partial charge on any atom is -0.348 e. The number of rotatable bonds is 7. The molecule has 0 radical (unpaired) electrons. The summed E-state index contributed by atoms with van der Waals surface area (Å²) in [5.41, 5.74) is 5.53. The van der Waals surface area contributed by atoms with E-state index < -0.39 is 0 Å². The summed E-state index contributed by atoms with van der Waals surface area (Å²) in [5, 5.41) is 5.80. The van der Waals surface area contributed by atoms with Crippen LogP contribution in [0.3, 0.4) is 0 Å². The maximum atomic E-state index is 12.7. The number of thioether (sulfide) groups is 1. The van der Waals surface area contributed by atoms with Crippen LogP contribution >= 0.6 is 11.8 Å². The van der Waals surface area contributed by atoms with Crippen LogP contribution in [0.25, 0.3) is 0 Å². The smallest absolute Gasteiger partial charge is 0.253 e. The Kier molecular flexibility index (Phi) is 7.31.